The number of benzene rings is 2. The highest BCUT2D eigenvalue weighted by Gasteiger charge is 2.36. The molecule has 0 radical (unpaired) electrons. The van der Waals surface area contributed by atoms with Gasteiger partial charge >= 0.3 is 0 Å². The molecule has 3 amide bonds. The Morgan fingerprint density at radius 1 is 0.833 bits per heavy atom. The first-order valence-corrected chi connectivity index (χ1v) is 11.9. The molecule has 0 aromatic heterocycles. The first-order valence-electron chi connectivity index (χ1n) is 7.91. The summed E-state index contributed by atoms with van der Waals surface area (Å²) in [4.78, 5) is 62.2. The molecule has 154 valence electrons. The average molecular weight is 783 g/mol. The van der Waals surface area contributed by atoms with E-state index in [0.29, 0.717) is 7.14 Å². The Kier molecular flexibility index (Phi) is 7.41. The highest BCUT2D eigenvalue weighted by atomic mass is 127. The fraction of sp³-hybridized carbons (Fsp3) is 0.0556. The van der Waals surface area contributed by atoms with Crippen LogP contribution in [0.25, 0.3) is 0 Å². The van der Waals surface area contributed by atoms with Crippen molar-refractivity contribution in [3.05, 3.63) is 57.2 Å². The van der Waals surface area contributed by atoms with Crippen molar-refractivity contribution in [2.45, 2.75) is 0 Å². The van der Waals surface area contributed by atoms with E-state index in [1.165, 1.54) is 12.1 Å². The molecule has 3 rings (SSSR count). The third-order valence-corrected chi connectivity index (χ3v) is 7.77. The third-order valence-electron chi connectivity index (χ3n) is 4.15. The maximum atomic E-state index is 12.7. The van der Waals surface area contributed by atoms with Gasteiger partial charge in [-0.15, -0.1) is 0 Å². The maximum absolute atomic E-state index is 12.7. The van der Waals surface area contributed by atoms with Crippen molar-refractivity contribution < 1.29 is 24.0 Å². The van der Waals surface area contributed by atoms with Crippen molar-refractivity contribution in [1.29, 1.82) is 0 Å². The molecule has 30 heavy (non-hydrogen) atoms. The molecule has 0 saturated heterocycles. The van der Waals surface area contributed by atoms with Gasteiger partial charge in [0, 0.05) is 3.57 Å². The van der Waals surface area contributed by atoms with Crippen LogP contribution in [0.5, 0.6) is 0 Å². The minimum absolute atomic E-state index is 0.0262. The van der Waals surface area contributed by atoms with Crippen LogP contribution in [0.15, 0.2) is 24.3 Å². The van der Waals surface area contributed by atoms with Gasteiger partial charge in [-0.3, -0.25) is 28.9 Å². The number of nitrogens with one attached hydrogen (secondary N) is 1. The molecule has 12 heteroatoms. The van der Waals surface area contributed by atoms with E-state index in [-0.39, 0.29) is 31.5 Å². The summed E-state index contributed by atoms with van der Waals surface area (Å²) < 4.78 is 0.873. The highest BCUT2D eigenvalue weighted by Crippen LogP contribution is 2.37. The largest absolute Gasteiger partial charge is 0.323 e. The van der Waals surface area contributed by atoms with Crippen molar-refractivity contribution in [3.8, 4) is 0 Å². The summed E-state index contributed by atoms with van der Waals surface area (Å²) in [5, 5.41) is 0.918. The van der Waals surface area contributed by atoms with Crippen LogP contribution in [0, 0.1) is 10.7 Å². The normalized spacial score (nSPS) is 12.8. The van der Waals surface area contributed by atoms with Gasteiger partial charge in [0.1, 0.15) is 6.54 Å². The van der Waals surface area contributed by atoms with Gasteiger partial charge in [-0.25, -0.2) is 0 Å². The minimum atomic E-state index is -0.824. The molecule has 0 fully saturated rings. The maximum Gasteiger partial charge on any atom is 0.262 e. The summed E-state index contributed by atoms with van der Waals surface area (Å²) in [6.45, 7) is -0.543. The summed E-state index contributed by atoms with van der Waals surface area (Å²) in [7, 11) is 0. The Bertz CT molecular complexity index is 1090. The van der Waals surface area contributed by atoms with E-state index in [0.717, 1.165) is 4.90 Å². The van der Waals surface area contributed by atoms with Crippen LogP contribution in [0.2, 0.25) is 0 Å². The number of carbonyl (C=O) groups is 5. The summed E-state index contributed by atoms with van der Waals surface area (Å²) in [6, 6.07) is 6.27. The molecule has 0 aliphatic carbocycles. The van der Waals surface area contributed by atoms with Crippen LogP contribution >= 0.6 is 91.0 Å². The van der Waals surface area contributed by atoms with Crippen LogP contribution in [0.1, 0.15) is 41.4 Å². The lowest BCUT2D eigenvalue weighted by Crippen LogP contribution is -2.37. The molecule has 7 nitrogen and oxygen atoms in total. The molecule has 0 spiro atoms. The number of hydrogen-bond donors (Lipinski definition) is 1. The predicted molar refractivity (Wildman–Crippen MR) is 135 cm³/mol. The Morgan fingerprint density at radius 3 is 1.67 bits per heavy atom. The predicted octanol–water partition coefficient (Wildman–Crippen LogP) is 4.49. The summed E-state index contributed by atoms with van der Waals surface area (Å²) >= 11 is 16.8. The van der Waals surface area contributed by atoms with Gasteiger partial charge in [-0.1, -0.05) is 12.1 Å². The zero-order valence-corrected chi connectivity index (χ0v) is 22.4. The van der Waals surface area contributed by atoms with Crippen LogP contribution in [-0.4, -0.2) is 39.7 Å². The Balaban J connectivity index is 1.95. The third kappa shape index (κ3) is 4.25. The standard InChI is InChI=1S/C18H7Cl2I3N2O5/c19-15(27)9-11(21)10(16(20)28)13(23)14(12(9)22)24-8(26)5-25-17(29)6-3-1-2-4-7(6)18(25)30/h1-4H,5H2,(H,24,26). The van der Waals surface area contributed by atoms with Crippen LogP contribution in [0.4, 0.5) is 5.69 Å². The Morgan fingerprint density at radius 2 is 1.27 bits per heavy atom. The fourth-order valence-corrected chi connectivity index (χ4v) is 8.26. The van der Waals surface area contributed by atoms with E-state index in [1.807, 2.05) is 45.2 Å². The molecule has 0 saturated carbocycles. The van der Waals surface area contributed by atoms with Crippen LogP contribution in [-0.2, 0) is 4.79 Å². The van der Waals surface area contributed by atoms with Crippen molar-refractivity contribution in [3.63, 3.8) is 0 Å². The zero-order chi connectivity index (χ0) is 22.3. The first-order chi connectivity index (χ1) is 14.1. The van der Waals surface area contributed by atoms with Crippen LogP contribution < -0.4 is 5.32 Å². The zero-order valence-electron chi connectivity index (χ0n) is 14.4. The molecular weight excluding hydrogens is 776 g/mol. The van der Waals surface area contributed by atoms with Crippen molar-refractivity contribution in [2.24, 2.45) is 0 Å². The first kappa shape index (κ1) is 23.8. The second-order valence-electron chi connectivity index (χ2n) is 5.90. The van der Waals surface area contributed by atoms with Crippen molar-refractivity contribution in [1.82, 2.24) is 4.90 Å². The molecule has 2 aromatic carbocycles. The number of halogens is 5. The van der Waals surface area contributed by atoms with E-state index < -0.39 is 34.8 Å². The Hall–Kier alpha value is -0.840. The van der Waals surface area contributed by atoms with Crippen molar-refractivity contribution >= 4 is 125 Å². The lowest BCUT2D eigenvalue weighted by Gasteiger charge is -2.18. The number of hydrogen-bond acceptors (Lipinski definition) is 5. The summed E-state index contributed by atoms with van der Waals surface area (Å²) in [6.07, 6.45) is 0. The topological polar surface area (TPSA) is 101 Å². The van der Waals surface area contributed by atoms with Gasteiger partial charge in [-0.2, -0.15) is 0 Å². The number of rotatable bonds is 5. The average Bonchev–Trinajstić information content (AvgIpc) is 2.90. The minimum Gasteiger partial charge on any atom is -0.323 e. The number of amides is 3. The lowest BCUT2D eigenvalue weighted by atomic mass is 10.1. The summed E-state index contributed by atoms with van der Waals surface area (Å²) in [5.41, 5.74) is 0.639. The quantitative estimate of drug-likeness (QED) is 0.274. The van der Waals surface area contributed by atoms with Gasteiger partial charge in [0.25, 0.3) is 22.3 Å². The van der Waals surface area contributed by atoms with E-state index in [2.05, 4.69) is 5.32 Å². The molecule has 1 heterocycles. The molecule has 0 bridgehead atoms. The molecule has 1 aliphatic rings. The van der Waals surface area contributed by atoms with E-state index in [4.69, 9.17) is 23.2 Å². The SMILES string of the molecule is O=C(CN1C(=O)c2ccccc2C1=O)Nc1c(I)c(C(=O)Cl)c(I)c(C(=O)Cl)c1I. The van der Waals surface area contributed by atoms with Crippen molar-refractivity contribution in [2.75, 3.05) is 11.9 Å². The Labute approximate surface area is 220 Å². The molecule has 2 aromatic rings. The fourth-order valence-electron chi connectivity index (χ4n) is 2.82. The monoisotopic (exact) mass is 782 g/mol. The molecule has 0 atom stereocenters. The number of fused-ring (bicyclic) bond motifs is 1. The van der Waals surface area contributed by atoms with Crippen LogP contribution in [0.3, 0.4) is 0 Å². The van der Waals surface area contributed by atoms with Gasteiger partial charge in [0.15, 0.2) is 0 Å². The van der Waals surface area contributed by atoms with Gasteiger partial charge in [0.05, 0.1) is 35.1 Å². The number of anilines is 1. The molecule has 1 aliphatic heterocycles. The number of imide groups is 1. The second-order valence-corrected chi connectivity index (χ2v) is 9.83. The smallest absolute Gasteiger partial charge is 0.262 e. The van der Waals surface area contributed by atoms with E-state index in [1.54, 1.807) is 34.7 Å². The second kappa shape index (κ2) is 9.34. The molecule has 0 unspecified atom stereocenters. The van der Waals surface area contributed by atoms with Gasteiger partial charge in [0.2, 0.25) is 5.91 Å². The molecular formula is C18H7Cl2I3N2O5. The number of carbonyl (C=O) groups excluding carboxylic acids is 5. The number of nitrogens with zero attached hydrogens (tertiary/aromatic N) is 1. The van der Waals surface area contributed by atoms with Gasteiger partial charge in [-0.05, 0) is 103 Å². The van der Waals surface area contributed by atoms with Gasteiger partial charge < -0.3 is 5.32 Å². The summed E-state index contributed by atoms with van der Waals surface area (Å²) in [5.74, 6) is -1.85. The lowest BCUT2D eigenvalue weighted by molar-refractivity contribution is -0.116. The van der Waals surface area contributed by atoms with E-state index >= 15 is 0 Å². The molecule has 1 N–H and O–H groups in total. The van der Waals surface area contributed by atoms with E-state index in [9.17, 15) is 24.0 Å². The highest BCUT2D eigenvalue weighted by molar-refractivity contribution is 14.1.